The van der Waals surface area contributed by atoms with Crippen LogP contribution in [0.3, 0.4) is 0 Å². The van der Waals surface area contributed by atoms with Crippen LogP contribution in [0.5, 0.6) is 0 Å². The smallest absolute Gasteiger partial charge is 0.136 e. The van der Waals surface area contributed by atoms with Gasteiger partial charge in [-0.1, -0.05) is 194 Å². The van der Waals surface area contributed by atoms with Gasteiger partial charge in [-0.25, -0.2) is 0 Å². The number of thiophene rings is 1. The van der Waals surface area contributed by atoms with Crippen LogP contribution < -0.4 is 4.90 Å². The number of hydrogen-bond donors (Lipinski definition) is 0. The zero-order valence-electron chi connectivity index (χ0n) is 36.4. The van der Waals surface area contributed by atoms with Gasteiger partial charge in [-0.15, -0.1) is 11.3 Å². The highest BCUT2D eigenvalue weighted by molar-refractivity contribution is 7.26. The zero-order chi connectivity index (χ0) is 44.3. The van der Waals surface area contributed by atoms with E-state index in [1.165, 1.54) is 75.5 Å². The number of benzene rings is 11. The maximum Gasteiger partial charge on any atom is 0.136 e. The first kappa shape index (κ1) is 38.9. The first-order chi connectivity index (χ1) is 33.2. The average molecular weight is 872 g/mol. The van der Waals surface area contributed by atoms with Gasteiger partial charge >= 0.3 is 0 Å². The van der Waals surface area contributed by atoms with E-state index < -0.39 is 0 Å². The minimum absolute atomic E-state index is 0.866. The summed E-state index contributed by atoms with van der Waals surface area (Å²) in [5.41, 5.74) is 17.0. The van der Waals surface area contributed by atoms with E-state index in [1.54, 1.807) is 0 Å². The lowest BCUT2D eigenvalue weighted by atomic mass is 9.96. The van der Waals surface area contributed by atoms with Gasteiger partial charge in [0.25, 0.3) is 0 Å². The lowest BCUT2D eigenvalue weighted by Gasteiger charge is -2.27. The van der Waals surface area contributed by atoms with Gasteiger partial charge in [0, 0.05) is 42.3 Å². The van der Waals surface area contributed by atoms with Crippen LogP contribution in [0, 0.1) is 0 Å². The van der Waals surface area contributed by atoms with Crippen LogP contribution in [0.1, 0.15) is 0 Å². The average Bonchev–Trinajstić information content (AvgIpc) is 3.98. The highest BCUT2D eigenvalue weighted by Crippen LogP contribution is 2.50. The van der Waals surface area contributed by atoms with E-state index in [1.807, 2.05) is 11.3 Å². The lowest BCUT2D eigenvalue weighted by molar-refractivity contribution is 0.669. The number of hydrogen-bond acceptors (Lipinski definition) is 3. The Morgan fingerprint density at radius 2 is 0.866 bits per heavy atom. The summed E-state index contributed by atoms with van der Waals surface area (Å²) in [6, 6.07) is 90.1. The molecule has 2 nitrogen and oxygen atoms in total. The molecule has 67 heavy (non-hydrogen) atoms. The lowest BCUT2D eigenvalue weighted by Crippen LogP contribution is -2.10. The van der Waals surface area contributed by atoms with E-state index in [9.17, 15) is 0 Å². The molecule has 2 aromatic heterocycles. The summed E-state index contributed by atoms with van der Waals surface area (Å²) in [4.78, 5) is 2.44. The molecular formula is C64H41NOS. The van der Waals surface area contributed by atoms with Gasteiger partial charge in [-0.05, 0) is 121 Å². The predicted molar refractivity (Wildman–Crippen MR) is 286 cm³/mol. The van der Waals surface area contributed by atoms with Crippen molar-refractivity contribution in [3.63, 3.8) is 0 Å². The van der Waals surface area contributed by atoms with Crippen molar-refractivity contribution in [3.8, 4) is 55.6 Å². The van der Waals surface area contributed by atoms with Crippen molar-refractivity contribution in [1.29, 1.82) is 0 Å². The van der Waals surface area contributed by atoms with Crippen LogP contribution in [0.4, 0.5) is 17.1 Å². The maximum atomic E-state index is 6.59. The molecule has 0 bridgehead atoms. The monoisotopic (exact) mass is 871 g/mol. The van der Waals surface area contributed by atoms with E-state index in [2.05, 4.69) is 254 Å². The molecule has 0 amide bonds. The second-order valence-corrected chi connectivity index (χ2v) is 18.3. The molecule has 314 valence electrons. The van der Waals surface area contributed by atoms with Gasteiger partial charge in [0.2, 0.25) is 0 Å². The SMILES string of the molecule is c1ccc(-c2ccc3c(c2)oc2ccc(N(c4ccc(-c5ccc(-c6cccc7ccccc67)cc5)cc4)c4ccc(-c5ccccc5)c5sc6cc(-c7ccccc7)ccc6c45)cc23)cc1. The third kappa shape index (κ3) is 6.88. The molecule has 0 radical (unpaired) electrons. The molecule has 0 aliphatic heterocycles. The molecule has 0 aliphatic rings. The van der Waals surface area contributed by atoms with E-state index >= 15 is 0 Å². The standard InChI is InChI=1S/C64H41NOS/c1-4-13-42(14-5-1)49-29-34-56-58-41-52(33-38-60(58)66-61(56)39-49)65(51-31-27-45(28-32-51)44-23-25-48(26-24-44)54-22-12-20-46-19-10-11-21-53(46)54)59-37-36-55(47-17-8-3-9-18-47)64-63(59)57-35-30-50(40-62(57)67-64)43-15-6-2-7-16-43/h1-41H. The van der Waals surface area contributed by atoms with Gasteiger partial charge in [-0.3, -0.25) is 0 Å². The Bertz CT molecular complexity index is 3940. The molecule has 0 N–H and O–H groups in total. The van der Waals surface area contributed by atoms with Gasteiger partial charge in [0.15, 0.2) is 0 Å². The molecule has 11 aromatic carbocycles. The number of nitrogens with zero attached hydrogens (tertiary/aromatic N) is 1. The van der Waals surface area contributed by atoms with Crippen LogP contribution in [-0.4, -0.2) is 0 Å². The first-order valence-corrected chi connectivity index (χ1v) is 23.6. The Kier molecular flexibility index (Phi) is 9.40. The Hall–Kier alpha value is -8.50. The number of anilines is 3. The molecule has 0 atom stereocenters. The van der Waals surface area contributed by atoms with Crippen LogP contribution >= 0.6 is 11.3 Å². The zero-order valence-corrected chi connectivity index (χ0v) is 37.3. The van der Waals surface area contributed by atoms with E-state index in [0.717, 1.165) is 50.1 Å². The molecule has 2 heterocycles. The third-order valence-electron chi connectivity index (χ3n) is 13.3. The summed E-state index contributed by atoms with van der Waals surface area (Å²) < 4.78 is 9.12. The largest absolute Gasteiger partial charge is 0.456 e. The second kappa shape index (κ2) is 16.2. The van der Waals surface area contributed by atoms with Crippen molar-refractivity contribution in [2.24, 2.45) is 0 Å². The molecule has 0 saturated heterocycles. The maximum absolute atomic E-state index is 6.59. The first-order valence-electron chi connectivity index (χ1n) is 22.8. The normalized spacial score (nSPS) is 11.6. The molecule has 0 unspecified atom stereocenters. The van der Waals surface area contributed by atoms with E-state index in [0.29, 0.717) is 0 Å². The topological polar surface area (TPSA) is 16.4 Å². The van der Waals surface area contributed by atoms with Crippen molar-refractivity contribution in [2.45, 2.75) is 0 Å². The predicted octanol–water partition coefficient (Wildman–Crippen LogP) is 18.9. The van der Waals surface area contributed by atoms with Crippen molar-refractivity contribution in [2.75, 3.05) is 4.90 Å². The van der Waals surface area contributed by atoms with Gasteiger partial charge < -0.3 is 9.32 Å². The van der Waals surface area contributed by atoms with Crippen LogP contribution in [0.25, 0.3) is 109 Å². The van der Waals surface area contributed by atoms with Crippen LogP contribution in [-0.2, 0) is 0 Å². The van der Waals surface area contributed by atoms with Crippen LogP contribution in [0.2, 0.25) is 0 Å². The van der Waals surface area contributed by atoms with Crippen molar-refractivity contribution in [1.82, 2.24) is 0 Å². The minimum Gasteiger partial charge on any atom is -0.456 e. The third-order valence-corrected chi connectivity index (χ3v) is 14.5. The summed E-state index contributed by atoms with van der Waals surface area (Å²) in [5.74, 6) is 0. The summed E-state index contributed by atoms with van der Waals surface area (Å²) >= 11 is 1.88. The molecule has 0 aliphatic carbocycles. The number of rotatable bonds is 8. The Morgan fingerprint density at radius 1 is 0.313 bits per heavy atom. The molecule has 0 saturated carbocycles. The Balaban J connectivity index is 0.978. The second-order valence-electron chi connectivity index (χ2n) is 17.2. The fourth-order valence-corrected chi connectivity index (χ4v) is 11.3. The quantitative estimate of drug-likeness (QED) is 0.151. The van der Waals surface area contributed by atoms with Gasteiger partial charge in [-0.2, -0.15) is 0 Å². The molecular weight excluding hydrogens is 831 g/mol. The minimum atomic E-state index is 0.866. The molecule has 13 rings (SSSR count). The summed E-state index contributed by atoms with van der Waals surface area (Å²) in [6.07, 6.45) is 0. The summed E-state index contributed by atoms with van der Waals surface area (Å²) in [6.45, 7) is 0. The Labute approximate surface area is 392 Å². The van der Waals surface area contributed by atoms with Crippen molar-refractivity contribution >= 4 is 81.3 Å². The molecule has 0 spiro atoms. The fraction of sp³-hybridized carbons (Fsp3) is 0. The highest BCUT2D eigenvalue weighted by atomic mass is 32.1. The molecule has 13 aromatic rings. The van der Waals surface area contributed by atoms with Gasteiger partial charge in [0.1, 0.15) is 11.2 Å². The fourth-order valence-electron chi connectivity index (χ4n) is 9.97. The van der Waals surface area contributed by atoms with Crippen molar-refractivity contribution in [3.05, 3.63) is 249 Å². The van der Waals surface area contributed by atoms with Crippen molar-refractivity contribution < 1.29 is 4.42 Å². The Morgan fingerprint density at radius 3 is 1.60 bits per heavy atom. The van der Waals surface area contributed by atoms with E-state index in [-0.39, 0.29) is 0 Å². The molecule has 3 heteroatoms. The highest BCUT2D eigenvalue weighted by Gasteiger charge is 2.23. The molecule has 0 fully saturated rings. The van der Waals surface area contributed by atoms with Crippen LogP contribution in [0.15, 0.2) is 253 Å². The number of fused-ring (bicyclic) bond motifs is 7. The summed E-state index contributed by atoms with van der Waals surface area (Å²) in [5, 5.41) is 7.17. The van der Waals surface area contributed by atoms with E-state index in [4.69, 9.17) is 4.42 Å². The van der Waals surface area contributed by atoms with Gasteiger partial charge in [0.05, 0.1) is 5.69 Å². The number of furan rings is 1. The summed E-state index contributed by atoms with van der Waals surface area (Å²) in [7, 11) is 0.